The number of hydrogen-bond donors (Lipinski definition) is 1. The van der Waals surface area contributed by atoms with E-state index < -0.39 is 0 Å². The van der Waals surface area contributed by atoms with Crippen molar-refractivity contribution >= 4 is 0 Å². The van der Waals surface area contributed by atoms with Gasteiger partial charge in [0.25, 0.3) is 0 Å². The second-order valence-electron chi connectivity index (χ2n) is 5.21. The molecule has 0 bridgehead atoms. The summed E-state index contributed by atoms with van der Waals surface area (Å²) >= 11 is 0. The van der Waals surface area contributed by atoms with Gasteiger partial charge in [-0.05, 0) is 12.3 Å². The highest BCUT2D eigenvalue weighted by Gasteiger charge is 2.10. The molecule has 0 spiro atoms. The Morgan fingerprint density at radius 2 is 2.12 bits per heavy atom. The average Bonchev–Trinajstić information content (AvgIpc) is 2.65. The smallest absolute Gasteiger partial charge is 0.138 e. The van der Waals surface area contributed by atoms with Crippen LogP contribution in [0.4, 0.5) is 0 Å². The molecular weight excluding hydrogens is 212 g/mol. The number of unbranched alkanes of at least 4 members (excludes halogenated alkanes) is 2. The molecule has 0 aliphatic rings. The Bertz CT molecular complexity index is 306. The van der Waals surface area contributed by atoms with E-state index in [-0.39, 0.29) is 6.04 Å². The van der Waals surface area contributed by atoms with E-state index in [1.165, 1.54) is 19.3 Å². The van der Waals surface area contributed by atoms with Gasteiger partial charge in [0.2, 0.25) is 0 Å². The van der Waals surface area contributed by atoms with Crippen LogP contribution in [0.25, 0.3) is 0 Å². The highest BCUT2D eigenvalue weighted by Crippen LogP contribution is 2.08. The maximum atomic E-state index is 6.12. The second kappa shape index (κ2) is 7.43. The van der Waals surface area contributed by atoms with E-state index >= 15 is 0 Å². The molecule has 0 aromatic carbocycles. The van der Waals surface area contributed by atoms with Crippen LogP contribution >= 0.6 is 0 Å². The van der Waals surface area contributed by atoms with Crippen molar-refractivity contribution in [1.82, 2.24) is 14.8 Å². The average molecular weight is 238 g/mol. The van der Waals surface area contributed by atoms with E-state index in [0.29, 0.717) is 5.92 Å². The molecule has 0 aliphatic carbocycles. The first-order valence-electron chi connectivity index (χ1n) is 6.75. The van der Waals surface area contributed by atoms with Gasteiger partial charge in [-0.1, -0.05) is 40.0 Å². The zero-order valence-corrected chi connectivity index (χ0v) is 11.4. The van der Waals surface area contributed by atoms with Crippen molar-refractivity contribution in [2.75, 3.05) is 0 Å². The molecule has 1 atom stereocenters. The van der Waals surface area contributed by atoms with Crippen LogP contribution in [0.15, 0.2) is 6.33 Å². The SMILES string of the molecule is CCCCCC(N)Cc1ncnn1CC(C)C. The van der Waals surface area contributed by atoms with Crippen molar-refractivity contribution in [2.24, 2.45) is 11.7 Å². The largest absolute Gasteiger partial charge is 0.327 e. The summed E-state index contributed by atoms with van der Waals surface area (Å²) in [5, 5.41) is 4.26. The monoisotopic (exact) mass is 238 g/mol. The maximum absolute atomic E-state index is 6.12. The molecule has 4 heteroatoms. The Kier molecular flexibility index (Phi) is 6.19. The molecule has 0 saturated heterocycles. The summed E-state index contributed by atoms with van der Waals surface area (Å²) in [7, 11) is 0. The highest BCUT2D eigenvalue weighted by atomic mass is 15.3. The molecular formula is C13H26N4. The van der Waals surface area contributed by atoms with E-state index in [1.54, 1.807) is 6.33 Å². The summed E-state index contributed by atoms with van der Waals surface area (Å²) in [6.07, 6.45) is 7.30. The topological polar surface area (TPSA) is 56.7 Å². The first-order chi connectivity index (χ1) is 8.13. The summed E-state index contributed by atoms with van der Waals surface area (Å²) in [6.45, 7) is 7.51. The van der Waals surface area contributed by atoms with Crippen LogP contribution < -0.4 is 5.73 Å². The fraction of sp³-hybridized carbons (Fsp3) is 0.846. The predicted octanol–water partition coefficient (Wildman–Crippen LogP) is 2.38. The lowest BCUT2D eigenvalue weighted by molar-refractivity contribution is 0.451. The van der Waals surface area contributed by atoms with Gasteiger partial charge in [0.05, 0.1) is 0 Å². The van der Waals surface area contributed by atoms with Gasteiger partial charge in [-0.3, -0.25) is 0 Å². The fourth-order valence-electron chi connectivity index (χ4n) is 1.94. The Balaban J connectivity index is 2.41. The Morgan fingerprint density at radius 3 is 2.76 bits per heavy atom. The number of rotatable bonds is 8. The Morgan fingerprint density at radius 1 is 1.35 bits per heavy atom. The van der Waals surface area contributed by atoms with E-state index in [4.69, 9.17) is 5.73 Å². The first kappa shape index (κ1) is 14.2. The predicted molar refractivity (Wildman–Crippen MR) is 70.7 cm³/mol. The van der Waals surface area contributed by atoms with Crippen LogP contribution in [0.3, 0.4) is 0 Å². The Hall–Kier alpha value is -0.900. The van der Waals surface area contributed by atoms with Crippen molar-refractivity contribution in [2.45, 2.75) is 65.5 Å². The van der Waals surface area contributed by atoms with Gasteiger partial charge in [0, 0.05) is 19.0 Å². The molecule has 1 unspecified atom stereocenters. The van der Waals surface area contributed by atoms with E-state index in [0.717, 1.165) is 25.2 Å². The van der Waals surface area contributed by atoms with Crippen LogP contribution in [0, 0.1) is 5.92 Å². The van der Waals surface area contributed by atoms with Gasteiger partial charge in [-0.25, -0.2) is 9.67 Å². The van der Waals surface area contributed by atoms with Crippen molar-refractivity contribution in [3.8, 4) is 0 Å². The number of nitrogens with two attached hydrogens (primary N) is 1. The molecule has 17 heavy (non-hydrogen) atoms. The minimum Gasteiger partial charge on any atom is -0.327 e. The van der Waals surface area contributed by atoms with Crippen LogP contribution in [0.5, 0.6) is 0 Å². The third-order valence-electron chi connectivity index (χ3n) is 2.86. The van der Waals surface area contributed by atoms with E-state index in [2.05, 4.69) is 30.9 Å². The minimum absolute atomic E-state index is 0.219. The summed E-state index contributed by atoms with van der Waals surface area (Å²) in [4.78, 5) is 4.31. The molecule has 1 aromatic rings. The molecule has 1 rings (SSSR count). The summed E-state index contributed by atoms with van der Waals surface area (Å²) < 4.78 is 1.99. The maximum Gasteiger partial charge on any atom is 0.138 e. The van der Waals surface area contributed by atoms with E-state index in [1.807, 2.05) is 4.68 Å². The van der Waals surface area contributed by atoms with Gasteiger partial charge >= 0.3 is 0 Å². The van der Waals surface area contributed by atoms with Crippen molar-refractivity contribution in [3.05, 3.63) is 12.2 Å². The Labute approximate surface area is 105 Å². The van der Waals surface area contributed by atoms with Crippen molar-refractivity contribution in [1.29, 1.82) is 0 Å². The standard InChI is InChI=1S/C13H26N4/c1-4-5-6-7-12(14)8-13-15-10-16-17(13)9-11(2)3/h10-12H,4-9,14H2,1-3H3. The van der Waals surface area contributed by atoms with Gasteiger partial charge in [0.1, 0.15) is 12.2 Å². The molecule has 0 saturated carbocycles. The normalized spacial score (nSPS) is 13.2. The molecule has 2 N–H and O–H groups in total. The third-order valence-corrected chi connectivity index (χ3v) is 2.86. The zero-order chi connectivity index (χ0) is 12.7. The third kappa shape index (κ3) is 5.31. The molecule has 98 valence electrons. The molecule has 0 aliphatic heterocycles. The zero-order valence-electron chi connectivity index (χ0n) is 11.4. The van der Waals surface area contributed by atoms with E-state index in [9.17, 15) is 0 Å². The highest BCUT2D eigenvalue weighted by molar-refractivity contribution is 4.89. The second-order valence-corrected chi connectivity index (χ2v) is 5.21. The lowest BCUT2D eigenvalue weighted by Crippen LogP contribution is -2.25. The quantitative estimate of drug-likeness (QED) is 0.707. The fourth-order valence-corrected chi connectivity index (χ4v) is 1.94. The number of nitrogens with zero attached hydrogens (tertiary/aromatic N) is 3. The van der Waals surface area contributed by atoms with Crippen LogP contribution in [-0.4, -0.2) is 20.8 Å². The molecule has 0 fully saturated rings. The molecule has 4 nitrogen and oxygen atoms in total. The molecule has 1 heterocycles. The van der Waals surface area contributed by atoms with Gasteiger partial charge < -0.3 is 5.73 Å². The van der Waals surface area contributed by atoms with Crippen LogP contribution in [0.2, 0.25) is 0 Å². The summed E-state index contributed by atoms with van der Waals surface area (Å²) in [6, 6.07) is 0.219. The summed E-state index contributed by atoms with van der Waals surface area (Å²) in [5.41, 5.74) is 6.12. The first-order valence-corrected chi connectivity index (χ1v) is 6.75. The van der Waals surface area contributed by atoms with Crippen LogP contribution in [0.1, 0.15) is 52.3 Å². The minimum atomic E-state index is 0.219. The number of aromatic nitrogens is 3. The van der Waals surface area contributed by atoms with Crippen molar-refractivity contribution < 1.29 is 0 Å². The molecule has 0 radical (unpaired) electrons. The van der Waals surface area contributed by atoms with Gasteiger partial charge in [-0.15, -0.1) is 0 Å². The molecule has 0 amide bonds. The lowest BCUT2D eigenvalue weighted by atomic mass is 10.1. The van der Waals surface area contributed by atoms with Crippen LogP contribution in [-0.2, 0) is 13.0 Å². The molecule has 1 aromatic heterocycles. The van der Waals surface area contributed by atoms with Gasteiger partial charge in [-0.2, -0.15) is 5.10 Å². The summed E-state index contributed by atoms with van der Waals surface area (Å²) in [5.74, 6) is 1.62. The lowest BCUT2D eigenvalue weighted by Gasteiger charge is -2.13. The number of hydrogen-bond acceptors (Lipinski definition) is 3. The van der Waals surface area contributed by atoms with Gasteiger partial charge in [0.15, 0.2) is 0 Å². The van der Waals surface area contributed by atoms with Crippen molar-refractivity contribution in [3.63, 3.8) is 0 Å².